The standard InChI is InChI=1S/C20H17N3O3S/c1-14-20(27-18-11-7-6-10-17(18)23(25)26)15(2)22(21-14)19(24)13-12-16-8-4-3-5-9-16/h3-13H,1-2H3/b13-12+. The van der Waals surface area contributed by atoms with Crippen molar-refractivity contribution in [3.05, 3.63) is 87.7 Å². The molecular weight excluding hydrogens is 362 g/mol. The van der Waals surface area contributed by atoms with Crippen LogP contribution >= 0.6 is 11.8 Å². The zero-order valence-corrected chi connectivity index (χ0v) is 15.6. The monoisotopic (exact) mass is 379 g/mol. The normalized spacial score (nSPS) is 11.0. The van der Waals surface area contributed by atoms with E-state index in [4.69, 9.17) is 0 Å². The maximum atomic E-state index is 12.5. The molecule has 0 aliphatic carbocycles. The van der Waals surface area contributed by atoms with E-state index in [0.717, 1.165) is 10.5 Å². The van der Waals surface area contributed by atoms with E-state index in [1.807, 2.05) is 30.3 Å². The summed E-state index contributed by atoms with van der Waals surface area (Å²) < 4.78 is 1.33. The highest BCUT2D eigenvalue weighted by atomic mass is 32.2. The number of allylic oxidation sites excluding steroid dienone is 1. The molecule has 0 radical (unpaired) electrons. The van der Waals surface area contributed by atoms with Crippen molar-refractivity contribution in [2.75, 3.05) is 0 Å². The van der Waals surface area contributed by atoms with Gasteiger partial charge in [-0.15, -0.1) is 0 Å². The lowest BCUT2D eigenvalue weighted by Crippen LogP contribution is -2.11. The molecule has 0 unspecified atom stereocenters. The molecule has 0 atom stereocenters. The van der Waals surface area contributed by atoms with Crippen LogP contribution in [-0.2, 0) is 0 Å². The van der Waals surface area contributed by atoms with Gasteiger partial charge in [0.1, 0.15) is 0 Å². The molecule has 1 heterocycles. The summed E-state index contributed by atoms with van der Waals surface area (Å²) in [6.45, 7) is 3.57. The fourth-order valence-electron chi connectivity index (χ4n) is 2.60. The Labute approximate surface area is 160 Å². The molecule has 27 heavy (non-hydrogen) atoms. The Kier molecular flexibility index (Phi) is 5.52. The SMILES string of the molecule is Cc1nn(C(=O)/C=C/c2ccccc2)c(C)c1Sc1ccccc1[N+](=O)[O-]. The van der Waals surface area contributed by atoms with Gasteiger partial charge in [-0.1, -0.05) is 54.2 Å². The fraction of sp³-hybridized carbons (Fsp3) is 0.100. The summed E-state index contributed by atoms with van der Waals surface area (Å²) in [6.07, 6.45) is 3.20. The second-order valence-corrected chi connectivity index (χ2v) is 6.87. The molecular formula is C20H17N3O3S. The van der Waals surface area contributed by atoms with E-state index in [2.05, 4.69) is 5.10 Å². The lowest BCUT2D eigenvalue weighted by molar-refractivity contribution is -0.387. The third kappa shape index (κ3) is 4.15. The summed E-state index contributed by atoms with van der Waals surface area (Å²) in [5, 5.41) is 15.5. The molecule has 7 heteroatoms. The number of carbonyl (C=O) groups is 1. The minimum Gasteiger partial charge on any atom is -0.267 e. The first-order valence-electron chi connectivity index (χ1n) is 8.22. The molecule has 0 saturated carbocycles. The first-order chi connectivity index (χ1) is 13.0. The minimum absolute atomic E-state index is 0.0318. The van der Waals surface area contributed by atoms with Crippen molar-refractivity contribution in [3.63, 3.8) is 0 Å². The van der Waals surface area contributed by atoms with Crippen LogP contribution in [0.2, 0.25) is 0 Å². The van der Waals surface area contributed by atoms with Crippen molar-refractivity contribution in [2.24, 2.45) is 0 Å². The highest BCUT2D eigenvalue weighted by Crippen LogP contribution is 2.37. The predicted octanol–water partition coefficient (Wildman–Crippen LogP) is 4.91. The number of nitro benzene ring substituents is 1. The summed E-state index contributed by atoms with van der Waals surface area (Å²) in [6, 6.07) is 16.0. The molecule has 136 valence electrons. The number of nitrogens with zero attached hydrogens (tertiary/aromatic N) is 3. The summed E-state index contributed by atoms with van der Waals surface area (Å²) in [5.41, 5.74) is 2.25. The van der Waals surface area contributed by atoms with Crippen LogP contribution in [-0.4, -0.2) is 20.6 Å². The molecule has 0 aliphatic rings. The zero-order valence-electron chi connectivity index (χ0n) is 14.8. The molecule has 6 nitrogen and oxygen atoms in total. The van der Waals surface area contributed by atoms with Gasteiger partial charge in [-0.3, -0.25) is 14.9 Å². The van der Waals surface area contributed by atoms with Crippen molar-refractivity contribution in [3.8, 4) is 0 Å². The van der Waals surface area contributed by atoms with E-state index < -0.39 is 4.92 Å². The molecule has 1 aromatic heterocycles. The fourth-order valence-corrected chi connectivity index (χ4v) is 3.63. The lowest BCUT2D eigenvalue weighted by atomic mass is 10.2. The summed E-state index contributed by atoms with van der Waals surface area (Å²) >= 11 is 1.25. The summed E-state index contributed by atoms with van der Waals surface area (Å²) in [5.74, 6) is -0.270. The van der Waals surface area contributed by atoms with Crippen molar-refractivity contribution < 1.29 is 9.72 Å². The van der Waals surface area contributed by atoms with Gasteiger partial charge in [0.2, 0.25) is 0 Å². The average molecular weight is 379 g/mol. The second kappa shape index (κ2) is 8.01. The number of hydrogen-bond donors (Lipinski definition) is 0. The van der Waals surface area contributed by atoms with Gasteiger partial charge >= 0.3 is 0 Å². The topological polar surface area (TPSA) is 78.0 Å². The zero-order chi connectivity index (χ0) is 19.4. The smallest absolute Gasteiger partial charge is 0.267 e. The van der Waals surface area contributed by atoms with Gasteiger partial charge in [0.25, 0.3) is 11.6 Å². The van der Waals surface area contributed by atoms with Crippen LogP contribution in [0, 0.1) is 24.0 Å². The van der Waals surface area contributed by atoms with Gasteiger partial charge in [-0.25, -0.2) is 4.68 Å². The quantitative estimate of drug-likeness (QED) is 0.357. The van der Waals surface area contributed by atoms with E-state index in [0.29, 0.717) is 16.3 Å². The van der Waals surface area contributed by atoms with Crippen LogP contribution in [0.5, 0.6) is 0 Å². The van der Waals surface area contributed by atoms with Gasteiger partial charge in [0.15, 0.2) is 0 Å². The van der Waals surface area contributed by atoms with Crippen LogP contribution in [0.15, 0.2) is 70.5 Å². The van der Waals surface area contributed by atoms with Gasteiger partial charge in [-0.05, 0) is 31.6 Å². The highest BCUT2D eigenvalue weighted by molar-refractivity contribution is 7.99. The maximum absolute atomic E-state index is 12.5. The molecule has 2 aromatic carbocycles. The van der Waals surface area contributed by atoms with Crippen LogP contribution < -0.4 is 0 Å². The third-order valence-electron chi connectivity index (χ3n) is 3.93. The molecule has 0 N–H and O–H groups in total. The Hall–Kier alpha value is -3.19. The van der Waals surface area contributed by atoms with Crippen LogP contribution in [0.3, 0.4) is 0 Å². The summed E-state index contributed by atoms with van der Waals surface area (Å²) in [7, 11) is 0. The maximum Gasteiger partial charge on any atom is 0.283 e. The molecule has 3 aromatic rings. The van der Waals surface area contributed by atoms with Crippen molar-refractivity contribution in [2.45, 2.75) is 23.6 Å². The molecule has 3 rings (SSSR count). The van der Waals surface area contributed by atoms with Crippen molar-refractivity contribution in [1.29, 1.82) is 0 Å². The number of rotatable bonds is 5. The Morgan fingerprint density at radius 1 is 1.11 bits per heavy atom. The van der Waals surface area contributed by atoms with E-state index in [1.165, 1.54) is 28.6 Å². The second-order valence-electron chi connectivity index (χ2n) is 5.82. The number of carbonyl (C=O) groups excluding carboxylic acids is 1. The van der Waals surface area contributed by atoms with Crippen LogP contribution in [0.25, 0.3) is 6.08 Å². The lowest BCUT2D eigenvalue weighted by Gasteiger charge is -2.04. The first-order valence-corrected chi connectivity index (χ1v) is 9.04. The number of nitro groups is 1. The van der Waals surface area contributed by atoms with Gasteiger partial charge < -0.3 is 0 Å². The van der Waals surface area contributed by atoms with Crippen molar-refractivity contribution in [1.82, 2.24) is 9.78 Å². The molecule has 0 aliphatic heterocycles. The highest BCUT2D eigenvalue weighted by Gasteiger charge is 2.20. The molecule has 0 amide bonds. The van der Waals surface area contributed by atoms with Crippen molar-refractivity contribution >= 4 is 29.4 Å². The number of aryl methyl sites for hydroxylation is 1. The van der Waals surface area contributed by atoms with Crippen LogP contribution in [0.1, 0.15) is 21.7 Å². The molecule has 0 fully saturated rings. The van der Waals surface area contributed by atoms with Gasteiger partial charge in [0, 0.05) is 12.1 Å². The molecule has 0 saturated heterocycles. The first kappa shape index (κ1) is 18.6. The molecule has 0 spiro atoms. The number of aromatic nitrogens is 2. The largest absolute Gasteiger partial charge is 0.283 e. The predicted molar refractivity (Wildman–Crippen MR) is 105 cm³/mol. The van der Waals surface area contributed by atoms with Gasteiger partial charge in [-0.2, -0.15) is 5.10 Å². The van der Waals surface area contributed by atoms with Gasteiger partial charge in [0.05, 0.1) is 26.1 Å². The minimum atomic E-state index is -0.412. The number of hydrogen-bond acceptors (Lipinski definition) is 5. The van der Waals surface area contributed by atoms with E-state index >= 15 is 0 Å². The van der Waals surface area contributed by atoms with E-state index in [1.54, 1.807) is 38.1 Å². The Morgan fingerprint density at radius 2 is 1.78 bits per heavy atom. The van der Waals surface area contributed by atoms with E-state index in [9.17, 15) is 14.9 Å². The Morgan fingerprint density at radius 3 is 2.48 bits per heavy atom. The molecule has 0 bridgehead atoms. The Bertz CT molecular complexity index is 1030. The average Bonchev–Trinajstić information content (AvgIpc) is 2.95. The number of para-hydroxylation sites is 1. The van der Waals surface area contributed by atoms with Crippen LogP contribution in [0.4, 0.5) is 5.69 Å². The number of benzene rings is 2. The third-order valence-corrected chi connectivity index (χ3v) is 5.29. The Balaban J connectivity index is 1.88. The van der Waals surface area contributed by atoms with E-state index in [-0.39, 0.29) is 11.6 Å². The summed E-state index contributed by atoms with van der Waals surface area (Å²) in [4.78, 5) is 24.6.